The van der Waals surface area contributed by atoms with Gasteiger partial charge in [-0.25, -0.2) is 0 Å². The van der Waals surface area contributed by atoms with Crippen LogP contribution < -0.4 is 10.6 Å². The summed E-state index contributed by atoms with van der Waals surface area (Å²) in [4.78, 5) is 23.8. The maximum absolute atomic E-state index is 11.9. The molecule has 0 fully saturated rings. The lowest BCUT2D eigenvalue weighted by atomic mass is 10.1. The summed E-state index contributed by atoms with van der Waals surface area (Å²) in [5.41, 5.74) is 2.03. The summed E-state index contributed by atoms with van der Waals surface area (Å²) in [6.45, 7) is 5.65. The first-order valence-electron chi connectivity index (χ1n) is 6.73. The zero-order chi connectivity index (χ0) is 15.4. The molecule has 1 heterocycles. The van der Waals surface area contributed by atoms with Gasteiger partial charge in [-0.1, -0.05) is 0 Å². The zero-order valence-corrected chi connectivity index (χ0v) is 12.3. The van der Waals surface area contributed by atoms with Crippen LogP contribution >= 0.6 is 0 Å². The van der Waals surface area contributed by atoms with Crippen LogP contribution in [0.25, 0.3) is 0 Å². The average molecular weight is 286 g/mol. The van der Waals surface area contributed by atoms with E-state index in [-0.39, 0.29) is 23.6 Å². The lowest BCUT2D eigenvalue weighted by Crippen LogP contribution is -2.30. The van der Waals surface area contributed by atoms with Crippen LogP contribution in [0.15, 0.2) is 41.0 Å². The van der Waals surface area contributed by atoms with Gasteiger partial charge in [0.1, 0.15) is 0 Å². The quantitative estimate of drug-likeness (QED) is 0.907. The summed E-state index contributed by atoms with van der Waals surface area (Å²) in [6.07, 6.45) is 1.45. The minimum atomic E-state index is -0.317. The first-order chi connectivity index (χ1) is 9.97. The summed E-state index contributed by atoms with van der Waals surface area (Å²) < 4.78 is 5.04. The van der Waals surface area contributed by atoms with Crippen LogP contribution in [-0.2, 0) is 0 Å². The van der Waals surface area contributed by atoms with Gasteiger partial charge in [-0.05, 0) is 56.7 Å². The van der Waals surface area contributed by atoms with Crippen molar-refractivity contribution >= 4 is 17.5 Å². The maximum atomic E-state index is 11.9. The molecule has 0 atom stereocenters. The van der Waals surface area contributed by atoms with Crippen LogP contribution in [0.1, 0.15) is 40.3 Å². The van der Waals surface area contributed by atoms with E-state index >= 15 is 0 Å². The highest BCUT2D eigenvalue weighted by molar-refractivity contribution is 6.03. The molecule has 2 amide bonds. The van der Waals surface area contributed by atoms with E-state index in [2.05, 4.69) is 10.6 Å². The molecule has 0 spiro atoms. The molecule has 21 heavy (non-hydrogen) atoms. The number of aryl methyl sites for hydroxylation is 1. The Morgan fingerprint density at radius 2 is 1.90 bits per heavy atom. The van der Waals surface area contributed by atoms with Crippen LogP contribution in [0.3, 0.4) is 0 Å². The Kier molecular flexibility index (Phi) is 4.42. The van der Waals surface area contributed by atoms with E-state index < -0.39 is 0 Å². The van der Waals surface area contributed by atoms with Crippen LogP contribution in [0.2, 0.25) is 0 Å². The number of benzene rings is 1. The van der Waals surface area contributed by atoms with Gasteiger partial charge in [0.05, 0.1) is 6.26 Å². The Bertz CT molecular complexity index is 646. The average Bonchev–Trinajstić information content (AvgIpc) is 2.94. The fourth-order valence-electron chi connectivity index (χ4n) is 1.88. The summed E-state index contributed by atoms with van der Waals surface area (Å²) in [6, 6.07) is 8.47. The molecule has 0 aliphatic rings. The fraction of sp³-hybridized carbons (Fsp3) is 0.250. The molecule has 0 radical (unpaired) electrons. The summed E-state index contributed by atoms with van der Waals surface area (Å²) in [5.74, 6) is -0.199. The van der Waals surface area contributed by atoms with Gasteiger partial charge in [0, 0.05) is 17.3 Å². The molecule has 2 N–H and O–H groups in total. The van der Waals surface area contributed by atoms with Crippen molar-refractivity contribution in [2.24, 2.45) is 0 Å². The molecule has 0 aliphatic carbocycles. The molecular formula is C16H18N2O3. The smallest absolute Gasteiger partial charge is 0.291 e. The predicted molar refractivity (Wildman–Crippen MR) is 80.4 cm³/mol. The zero-order valence-electron chi connectivity index (χ0n) is 12.3. The standard InChI is InChI=1S/C16H18N2O3/c1-10(2)17-15(19)12-6-7-13(11(3)9-12)18-16(20)14-5-4-8-21-14/h4-10H,1-3H3,(H,17,19)(H,18,20). The third-order valence-corrected chi connectivity index (χ3v) is 2.90. The van der Waals surface area contributed by atoms with E-state index in [0.29, 0.717) is 11.3 Å². The van der Waals surface area contributed by atoms with Gasteiger partial charge in [-0.2, -0.15) is 0 Å². The van der Waals surface area contributed by atoms with Crippen molar-refractivity contribution < 1.29 is 14.0 Å². The van der Waals surface area contributed by atoms with Crippen molar-refractivity contribution in [1.29, 1.82) is 0 Å². The Morgan fingerprint density at radius 3 is 2.48 bits per heavy atom. The van der Waals surface area contributed by atoms with E-state index in [4.69, 9.17) is 4.42 Å². The van der Waals surface area contributed by atoms with E-state index in [1.165, 1.54) is 6.26 Å². The van der Waals surface area contributed by atoms with Crippen LogP contribution in [0, 0.1) is 6.92 Å². The largest absolute Gasteiger partial charge is 0.459 e. The molecule has 0 saturated heterocycles. The van der Waals surface area contributed by atoms with Crippen LogP contribution in [-0.4, -0.2) is 17.9 Å². The van der Waals surface area contributed by atoms with E-state index in [0.717, 1.165) is 5.56 Å². The maximum Gasteiger partial charge on any atom is 0.291 e. The van der Waals surface area contributed by atoms with Crippen molar-refractivity contribution in [2.75, 3.05) is 5.32 Å². The van der Waals surface area contributed by atoms with E-state index in [1.807, 2.05) is 20.8 Å². The second-order valence-electron chi connectivity index (χ2n) is 5.09. The molecule has 2 aromatic rings. The fourth-order valence-corrected chi connectivity index (χ4v) is 1.88. The van der Waals surface area contributed by atoms with E-state index in [1.54, 1.807) is 30.3 Å². The third kappa shape index (κ3) is 3.72. The number of furan rings is 1. The van der Waals surface area contributed by atoms with Crippen LogP contribution in [0.5, 0.6) is 0 Å². The van der Waals surface area contributed by atoms with Gasteiger partial charge < -0.3 is 15.1 Å². The summed E-state index contributed by atoms with van der Waals surface area (Å²) in [5, 5.41) is 5.58. The van der Waals surface area contributed by atoms with Crippen LogP contribution in [0.4, 0.5) is 5.69 Å². The molecule has 5 heteroatoms. The van der Waals surface area contributed by atoms with Gasteiger partial charge in [-0.3, -0.25) is 9.59 Å². The molecule has 0 saturated carbocycles. The SMILES string of the molecule is Cc1cc(C(=O)NC(C)C)ccc1NC(=O)c1ccco1. The number of nitrogens with one attached hydrogen (secondary N) is 2. The van der Waals surface area contributed by atoms with Crippen molar-refractivity contribution in [1.82, 2.24) is 5.32 Å². The molecule has 5 nitrogen and oxygen atoms in total. The number of carbonyl (C=O) groups excluding carboxylic acids is 2. The van der Waals surface area contributed by atoms with E-state index in [9.17, 15) is 9.59 Å². The molecule has 110 valence electrons. The Labute approximate surface area is 123 Å². The molecule has 0 bridgehead atoms. The Hall–Kier alpha value is -2.56. The normalized spacial score (nSPS) is 10.5. The first-order valence-corrected chi connectivity index (χ1v) is 6.73. The summed E-state index contributed by atoms with van der Waals surface area (Å²) >= 11 is 0. The topological polar surface area (TPSA) is 71.3 Å². The van der Waals surface area contributed by atoms with Gasteiger partial charge in [-0.15, -0.1) is 0 Å². The Balaban J connectivity index is 2.12. The van der Waals surface area contributed by atoms with Gasteiger partial charge in [0.2, 0.25) is 0 Å². The molecule has 2 rings (SSSR count). The van der Waals surface area contributed by atoms with Crippen molar-refractivity contribution in [3.63, 3.8) is 0 Å². The lowest BCUT2D eigenvalue weighted by molar-refractivity contribution is 0.0942. The number of hydrogen-bond donors (Lipinski definition) is 2. The molecule has 1 aromatic carbocycles. The highest BCUT2D eigenvalue weighted by Gasteiger charge is 2.12. The number of carbonyl (C=O) groups is 2. The first kappa shape index (κ1) is 14.8. The summed E-state index contributed by atoms with van der Waals surface area (Å²) in [7, 11) is 0. The molecular weight excluding hydrogens is 268 g/mol. The predicted octanol–water partition coefficient (Wildman–Crippen LogP) is 2.98. The minimum absolute atomic E-state index is 0.0798. The molecule has 0 unspecified atom stereocenters. The lowest BCUT2D eigenvalue weighted by Gasteiger charge is -2.11. The Morgan fingerprint density at radius 1 is 1.14 bits per heavy atom. The van der Waals surface area contributed by atoms with Crippen molar-refractivity contribution in [2.45, 2.75) is 26.8 Å². The molecule has 0 aliphatic heterocycles. The van der Waals surface area contributed by atoms with Gasteiger partial charge >= 0.3 is 0 Å². The monoisotopic (exact) mass is 286 g/mol. The van der Waals surface area contributed by atoms with Crippen molar-refractivity contribution in [3.8, 4) is 0 Å². The van der Waals surface area contributed by atoms with Gasteiger partial charge in [0.15, 0.2) is 5.76 Å². The highest BCUT2D eigenvalue weighted by atomic mass is 16.3. The number of amides is 2. The number of rotatable bonds is 4. The van der Waals surface area contributed by atoms with Gasteiger partial charge in [0.25, 0.3) is 11.8 Å². The minimum Gasteiger partial charge on any atom is -0.459 e. The van der Waals surface area contributed by atoms with Crippen molar-refractivity contribution in [3.05, 3.63) is 53.5 Å². The molecule has 1 aromatic heterocycles. The second kappa shape index (κ2) is 6.26. The second-order valence-corrected chi connectivity index (χ2v) is 5.09. The highest BCUT2D eigenvalue weighted by Crippen LogP contribution is 2.18. The third-order valence-electron chi connectivity index (χ3n) is 2.90. The number of hydrogen-bond acceptors (Lipinski definition) is 3. The number of anilines is 1.